The Morgan fingerprint density at radius 2 is 2.00 bits per heavy atom. The molecular weight excluding hydrogens is 384 g/mol. The van der Waals surface area contributed by atoms with Crippen molar-refractivity contribution < 1.29 is 14.4 Å². The Bertz CT molecular complexity index is 934. The second kappa shape index (κ2) is 9.08. The molecule has 1 aromatic heterocycles. The van der Waals surface area contributed by atoms with Gasteiger partial charge in [-0.15, -0.1) is 0 Å². The van der Waals surface area contributed by atoms with Crippen molar-refractivity contribution >= 4 is 23.4 Å². The van der Waals surface area contributed by atoms with Crippen molar-refractivity contribution in [2.24, 2.45) is 0 Å². The predicted molar refractivity (Wildman–Crippen MR) is 113 cm³/mol. The molecule has 3 N–H and O–H groups in total. The van der Waals surface area contributed by atoms with Crippen molar-refractivity contribution in [3.63, 3.8) is 0 Å². The molecule has 0 unspecified atom stereocenters. The van der Waals surface area contributed by atoms with Gasteiger partial charge < -0.3 is 15.5 Å². The van der Waals surface area contributed by atoms with Crippen LogP contribution in [0.5, 0.6) is 0 Å². The number of hydrogen-bond donors (Lipinski definition) is 3. The first kappa shape index (κ1) is 21.5. The van der Waals surface area contributed by atoms with Gasteiger partial charge in [-0.1, -0.05) is 12.1 Å². The number of aromatic amines is 1. The molecule has 1 atom stereocenters. The molecule has 3 rings (SSSR count). The number of H-pyrrole nitrogens is 1. The van der Waals surface area contributed by atoms with Gasteiger partial charge in [-0.05, 0) is 31.5 Å². The van der Waals surface area contributed by atoms with Gasteiger partial charge in [0.15, 0.2) is 0 Å². The van der Waals surface area contributed by atoms with Crippen LogP contribution in [0.25, 0.3) is 0 Å². The van der Waals surface area contributed by atoms with E-state index >= 15 is 0 Å². The van der Waals surface area contributed by atoms with E-state index in [2.05, 4.69) is 20.8 Å². The lowest BCUT2D eigenvalue weighted by molar-refractivity contribution is -0.134. The Morgan fingerprint density at radius 3 is 2.63 bits per heavy atom. The normalized spacial score (nSPS) is 16.9. The maximum absolute atomic E-state index is 12.6. The highest BCUT2D eigenvalue weighted by atomic mass is 16.2. The number of nitrogens with one attached hydrogen (secondary N) is 3. The van der Waals surface area contributed by atoms with Gasteiger partial charge in [0.25, 0.3) is 5.91 Å². The summed E-state index contributed by atoms with van der Waals surface area (Å²) in [7, 11) is 1.58. The monoisotopic (exact) mass is 412 g/mol. The predicted octanol–water partition coefficient (Wildman–Crippen LogP) is 1.23. The van der Waals surface area contributed by atoms with Crippen LogP contribution in [0.15, 0.2) is 24.3 Å². The lowest BCUT2D eigenvalue weighted by atomic mass is 9.99. The maximum atomic E-state index is 12.6. The summed E-state index contributed by atoms with van der Waals surface area (Å²) in [4.78, 5) is 40.6. The van der Waals surface area contributed by atoms with E-state index in [1.807, 2.05) is 30.9 Å². The summed E-state index contributed by atoms with van der Waals surface area (Å²) in [6.45, 7) is 7.07. The molecule has 160 valence electrons. The van der Waals surface area contributed by atoms with Crippen LogP contribution in [0.2, 0.25) is 0 Å². The van der Waals surface area contributed by atoms with Crippen molar-refractivity contribution in [1.82, 2.24) is 25.3 Å². The molecule has 3 amide bonds. The Labute approximate surface area is 175 Å². The van der Waals surface area contributed by atoms with Crippen molar-refractivity contribution in [3.8, 4) is 0 Å². The average Bonchev–Trinajstić information content (AvgIpc) is 3.05. The Balaban J connectivity index is 1.75. The van der Waals surface area contributed by atoms with Gasteiger partial charge in [0.2, 0.25) is 11.8 Å². The minimum Gasteiger partial charge on any atom is -0.355 e. The van der Waals surface area contributed by atoms with Crippen LogP contribution in [0.4, 0.5) is 5.69 Å². The van der Waals surface area contributed by atoms with Gasteiger partial charge >= 0.3 is 0 Å². The van der Waals surface area contributed by atoms with E-state index in [0.29, 0.717) is 30.9 Å². The zero-order valence-electron chi connectivity index (χ0n) is 17.8. The molecular formula is C21H28N6O3. The highest BCUT2D eigenvalue weighted by Crippen LogP contribution is 2.26. The molecule has 1 saturated heterocycles. The fraction of sp³-hybridized carbons (Fsp3) is 0.429. The first-order valence-electron chi connectivity index (χ1n) is 9.93. The van der Waals surface area contributed by atoms with Crippen molar-refractivity contribution in [1.29, 1.82) is 0 Å². The van der Waals surface area contributed by atoms with Crippen molar-refractivity contribution in [2.75, 3.05) is 38.5 Å². The molecule has 0 radical (unpaired) electrons. The summed E-state index contributed by atoms with van der Waals surface area (Å²) in [6.07, 6.45) is 0. The number of carbonyl (C=O) groups is 3. The lowest BCUT2D eigenvalue weighted by Crippen LogP contribution is -2.51. The SMILES string of the molecule is CNC(=O)c1cccc([C@H]2CN(CC(=O)Nc3c(C)n[nH]c3C)CCN2C(C)=O)c1. The highest BCUT2D eigenvalue weighted by Gasteiger charge is 2.31. The van der Waals surface area contributed by atoms with Gasteiger partial charge in [0, 0.05) is 39.2 Å². The highest BCUT2D eigenvalue weighted by molar-refractivity contribution is 5.94. The van der Waals surface area contributed by atoms with Crippen LogP contribution in [0.3, 0.4) is 0 Å². The van der Waals surface area contributed by atoms with Crippen molar-refractivity contribution in [2.45, 2.75) is 26.8 Å². The van der Waals surface area contributed by atoms with E-state index in [1.165, 1.54) is 0 Å². The second-order valence-corrected chi connectivity index (χ2v) is 7.53. The van der Waals surface area contributed by atoms with E-state index in [0.717, 1.165) is 17.0 Å². The summed E-state index contributed by atoms with van der Waals surface area (Å²) in [5, 5.41) is 12.5. The molecule has 2 heterocycles. The number of aryl methyl sites for hydroxylation is 2. The van der Waals surface area contributed by atoms with Crippen LogP contribution in [-0.4, -0.2) is 70.9 Å². The van der Waals surface area contributed by atoms with Gasteiger partial charge in [0.05, 0.1) is 29.7 Å². The minimum absolute atomic E-state index is 0.0286. The number of nitrogens with zero attached hydrogens (tertiary/aromatic N) is 3. The van der Waals surface area contributed by atoms with Crippen LogP contribution < -0.4 is 10.6 Å². The number of rotatable bonds is 5. The standard InChI is InChI=1S/C21H28N6O3/c1-13-20(14(2)25-24-13)23-19(29)12-26-8-9-27(15(3)28)18(11-26)16-6-5-7-17(10-16)21(30)22-4/h5-7,10,18H,8-9,11-12H2,1-4H3,(H,22,30)(H,23,29)(H,24,25)/t18-/m1/s1. The fourth-order valence-corrected chi connectivity index (χ4v) is 3.79. The minimum atomic E-state index is -0.231. The van der Waals surface area contributed by atoms with Crippen molar-refractivity contribution in [3.05, 3.63) is 46.8 Å². The van der Waals surface area contributed by atoms with Crippen LogP contribution in [-0.2, 0) is 9.59 Å². The zero-order chi connectivity index (χ0) is 21.8. The quantitative estimate of drug-likeness (QED) is 0.684. The first-order valence-corrected chi connectivity index (χ1v) is 9.93. The van der Waals surface area contributed by atoms with E-state index in [9.17, 15) is 14.4 Å². The summed E-state index contributed by atoms with van der Waals surface area (Å²) in [5.74, 6) is -0.333. The second-order valence-electron chi connectivity index (χ2n) is 7.53. The van der Waals surface area contributed by atoms with E-state index in [1.54, 1.807) is 31.0 Å². The molecule has 1 aromatic carbocycles. The molecule has 9 nitrogen and oxygen atoms in total. The lowest BCUT2D eigenvalue weighted by Gasteiger charge is -2.41. The summed E-state index contributed by atoms with van der Waals surface area (Å²) in [6, 6.07) is 7.04. The van der Waals surface area contributed by atoms with Gasteiger partial charge in [-0.2, -0.15) is 5.10 Å². The zero-order valence-corrected chi connectivity index (χ0v) is 17.8. The van der Waals surface area contributed by atoms with E-state index in [4.69, 9.17) is 0 Å². The topological polar surface area (TPSA) is 110 Å². The van der Waals surface area contributed by atoms with Gasteiger partial charge in [-0.3, -0.25) is 24.4 Å². The number of aromatic nitrogens is 2. The molecule has 0 aliphatic carbocycles. The van der Waals surface area contributed by atoms with Gasteiger partial charge in [0.1, 0.15) is 0 Å². The third-order valence-corrected chi connectivity index (χ3v) is 5.39. The van der Waals surface area contributed by atoms with E-state index < -0.39 is 0 Å². The summed E-state index contributed by atoms with van der Waals surface area (Å²) < 4.78 is 0. The number of hydrogen-bond acceptors (Lipinski definition) is 5. The molecule has 1 aliphatic rings. The third kappa shape index (κ3) is 4.68. The molecule has 1 fully saturated rings. The Hall–Kier alpha value is -3.20. The summed E-state index contributed by atoms with van der Waals surface area (Å²) >= 11 is 0. The Kier molecular flexibility index (Phi) is 6.51. The van der Waals surface area contributed by atoms with Crippen LogP contribution in [0, 0.1) is 13.8 Å². The molecule has 2 aromatic rings. The van der Waals surface area contributed by atoms with Crippen LogP contribution >= 0.6 is 0 Å². The Morgan fingerprint density at radius 1 is 1.23 bits per heavy atom. The van der Waals surface area contributed by atoms with Crippen LogP contribution in [0.1, 0.15) is 40.3 Å². The molecule has 0 bridgehead atoms. The maximum Gasteiger partial charge on any atom is 0.251 e. The average molecular weight is 412 g/mol. The molecule has 9 heteroatoms. The largest absolute Gasteiger partial charge is 0.355 e. The number of piperazine rings is 1. The summed E-state index contributed by atoms with van der Waals surface area (Å²) in [5.41, 5.74) is 3.67. The number of anilines is 1. The van der Waals surface area contributed by atoms with Gasteiger partial charge in [-0.25, -0.2) is 0 Å². The molecule has 0 saturated carbocycles. The first-order chi connectivity index (χ1) is 14.3. The smallest absolute Gasteiger partial charge is 0.251 e. The molecule has 30 heavy (non-hydrogen) atoms. The number of carbonyl (C=O) groups excluding carboxylic acids is 3. The third-order valence-electron chi connectivity index (χ3n) is 5.39. The fourth-order valence-electron chi connectivity index (χ4n) is 3.79. The molecule has 0 spiro atoms. The number of amides is 3. The number of benzene rings is 1. The molecule has 1 aliphatic heterocycles. The van der Waals surface area contributed by atoms with E-state index in [-0.39, 0.29) is 30.3 Å².